The molecule has 0 atom stereocenters. The molecule has 0 aliphatic rings. The second-order valence-electron chi connectivity index (χ2n) is 4.28. The fraction of sp³-hybridized carbons (Fsp3) is 0.200. The lowest BCUT2D eigenvalue weighted by Crippen LogP contribution is -1.96. The van der Waals surface area contributed by atoms with Crippen molar-refractivity contribution in [3.05, 3.63) is 59.2 Å². The molecule has 1 N–H and O–H groups in total. The Kier molecular flexibility index (Phi) is 3.33. The maximum absolute atomic E-state index is 9.16. The van der Waals surface area contributed by atoms with Gasteiger partial charge in [0.05, 0.1) is 0 Å². The molecule has 2 heteroatoms. The smallest absolute Gasteiger partial charge is 0.120 e. The quantitative estimate of drug-likeness (QED) is 0.870. The zero-order valence-electron chi connectivity index (χ0n) is 10.1. The lowest BCUT2D eigenvalue weighted by atomic mass is 10.1. The van der Waals surface area contributed by atoms with Crippen molar-refractivity contribution < 1.29 is 9.84 Å². The van der Waals surface area contributed by atoms with Crippen molar-refractivity contribution in [2.24, 2.45) is 0 Å². The molecule has 0 bridgehead atoms. The molecule has 0 spiro atoms. The van der Waals surface area contributed by atoms with Crippen molar-refractivity contribution in [1.82, 2.24) is 0 Å². The summed E-state index contributed by atoms with van der Waals surface area (Å²) in [6, 6.07) is 13.1. The van der Waals surface area contributed by atoms with E-state index in [1.165, 1.54) is 11.1 Å². The summed E-state index contributed by atoms with van der Waals surface area (Å²) in [4.78, 5) is 0. The average molecular weight is 228 g/mol. The van der Waals surface area contributed by atoms with E-state index >= 15 is 0 Å². The molecule has 0 fully saturated rings. The minimum atomic E-state index is 0.253. The van der Waals surface area contributed by atoms with Crippen LogP contribution in [0, 0.1) is 13.8 Å². The van der Waals surface area contributed by atoms with Gasteiger partial charge in [-0.1, -0.05) is 29.3 Å². The van der Waals surface area contributed by atoms with Crippen LogP contribution in [0.4, 0.5) is 0 Å². The standard InChI is InChI=1S/C15H16O2/c1-11-7-12(2)9-13(8-11)10-17-15-5-3-14(16)4-6-15/h3-9,16H,10H2,1-2H3. The van der Waals surface area contributed by atoms with Crippen LogP contribution in [0.3, 0.4) is 0 Å². The maximum Gasteiger partial charge on any atom is 0.120 e. The van der Waals surface area contributed by atoms with E-state index in [9.17, 15) is 0 Å². The number of aromatic hydroxyl groups is 1. The third-order valence-corrected chi connectivity index (χ3v) is 2.52. The first-order valence-electron chi connectivity index (χ1n) is 5.62. The third kappa shape index (κ3) is 3.25. The average Bonchev–Trinajstić information content (AvgIpc) is 2.27. The number of ether oxygens (including phenoxy) is 1. The highest BCUT2D eigenvalue weighted by Crippen LogP contribution is 2.18. The molecule has 0 radical (unpaired) electrons. The molecule has 0 aliphatic heterocycles. The molecule has 0 aromatic heterocycles. The van der Waals surface area contributed by atoms with Crippen LogP contribution in [0.15, 0.2) is 42.5 Å². The molecule has 0 saturated heterocycles. The highest BCUT2D eigenvalue weighted by molar-refractivity contribution is 5.31. The van der Waals surface area contributed by atoms with E-state index in [1.807, 2.05) is 0 Å². The third-order valence-electron chi connectivity index (χ3n) is 2.52. The van der Waals surface area contributed by atoms with Crippen LogP contribution in [0.25, 0.3) is 0 Å². The second-order valence-corrected chi connectivity index (χ2v) is 4.28. The summed E-state index contributed by atoms with van der Waals surface area (Å²) >= 11 is 0. The van der Waals surface area contributed by atoms with Crippen LogP contribution in [-0.2, 0) is 6.61 Å². The van der Waals surface area contributed by atoms with Crippen molar-refractivity contribution in [1.29, 1.82) is 0 Å². The van der Waals surface area contributed by atoms with Crippen molar-refractivity contribution in [3.8, 4) is 11.5 Å². The van der Waals surface area contributed by atoms with Gasteiger partial charge in [0, 0.05) is 0 Å². The molecular formula is C15H16O2. The summed E-state index contributed by atoms with van der Waals surface area (Å²) in [6.45, 7) is 4.71. The number of aryl methyl sites for hydroxylation is 2. The second kappa shape index (κ2) is 4.91. The van der Waals surface area contributed by atoms with Crippen molar-refractivity contribution in [3.63, 3.8) is 0 Å². The van der Waals surface area contributed by atoms with Gasteiger partial charge in [0.1, 0.15) is 18.1 Å². The van der Waals surface area contributed by atoms with E-state index in [2.05, 4.69) is 32.0 Å². The van der Waals surface area contributed by atoms with Crippen molar-refractivity contribution in [2.75, 3.05) is 0 Å². The van der Waals surface area contributed by atoms with Gasteiger partial charge in [0.15, 0.2) is 0 Å². The molecule has 0 saturated carbocycles. The van der Waals surface area contributed by atoms with Crippen LogP contribution in [0.5, 0.6) is 11.5 Å². The Morgan fingerprint density at radius 3 is 2.12 bits per heavy atom. The molecule has 17 heavy (non-hydrogen) atoms. The number of phenols is 1. The first-order chi connectivity index (χ1) is 8.13. The molecule has 0 amide bonds. The lowest BCUT2D eigenvalue weighted by molar-refractivity contribution is 0.305. The van der Waals surface area contributed by atoms with Gasteiger partial charge in [0.2, 0.25) is 0 Å². The lowest BCUT2D eigenvalue weighted by Gasteiger charge is -2.08. The Bertz CT molecular complexity index is 481. The number of hydrogen-bond acceptors (Lipinski definition) is 2. The monoisotopic (exact) mass is 228 g/mol. The fourth-order valence-corrected chi connectivity index (χ4v) is 1.86. The highest BCUT2D eigenvalue weighted by Gasteiger charge is 1.98. The molecule has 2 rings (SSSR count). The Morgan fingerprint density at radius 2 is 1.53 bits per heavy atom. The zero-order chi connectivity index (χ0) is 12.3. The van der Waals surface area contributed by atoms with Gasteiger partial charge in [-0.05, 0) is 43.7 Å². The van der Waals surface area contributed by atoms with Crippen molar-refractivity contribution in [2.45, 2.75) is 20.5 Å². The van der Waals surface area contributed by atoms with E-state index in [4.69, 9.17) is 9.84 Å². The molecule has 2 aromatic rings. The largest absolute Gasteiger partial charge is 0.508 e. The van der Waals surface area contributed by atoms with Crippen LogP contribution < -0.4 is 4.74 Å². The zero-order valence-corrected chi connectivity index (χ0v) is 10.1. The summed E-state index contributed by atoms with van der Waals surface area (Å²) in [6.07, 6.45) is 0. The predicted octanol–water partition coefficient (Wildman–Crippen LogP) is 3.59. The molecule has 0 heterocycles. The fourth-order valence-electron chi connectivity index (χ4n) is 1.86. The number of benzene rings is 2. The van der Waals surface area contributed by atoms with Crippen LogP contribution in [-0.4, -0.2) is 5.11 Å². The van der Waals surface area contributed by atoms with Crippen LogP contribution in [0.2, 0.25) is 0 Å². The minimum Gasteiger partial charge on any atom is -0.508 e. The Balaban J connectivity index is 2.04. The number of hydrogen-bond donors (Lipinski definition) is 1. The number of phenolic OH excluding ortho intramolecular Hbond substituents is 1. The highest BCUT2D eigenvalue weighted by atomic mass is 16.5. The minimum absolute atomic E-state index is 0.253. The molecular weight excluding hydrogens is 212 g/mol. The van der Waals surface area contributed by atoms with Gasteiger partial charge in [-0.2, -0.15) is 0 Å². The molecule has 0 unspecified atom stereocenters. The van der Waals surface area contributed by atoms with Gasteiger partial charge < -0.3 is 9.84 Å². The summed E-state index contributed by atoms with van der Waals surface area (Å²) in [5, 5.41) is 9.16. The molecule has 2 nitrogen and oxygen atoms in total. The van der Waals surface area contributed by atoms with Gasteiger partial charge in [-0.15, -0.1) is 0 Å². The van der Waals surface area contributed by atoms with E-state index in [0.29, 0.717) is 6.61 Å². The molecule has 88 valence electrons. The van der Waals surface area contributed by atoms with Gasteiger partial charge >= 0.3 is 0 Å². The van der Waals surface area contributed by atoms with E-state index in [-0.39, 0.29) is 5.75 Å². The summed E-state index contributed by atoms with van der Waals surface area (Å²) < 4.78 is 5.65. The normalized spacial score (nSPS) is 10.2. The van der Waals surface area contributed by atoms with Gasteiger partial charge in [-0.3, -0.25) is 0 Å². The maximum atomic E-state index is 9.16. The topological polar surface area (TPSA) is 29.5 Å². The van der Waals surface area contributed by atoms with Gasteiger partial charge in [0.25, 0.3) is 0 Å². The van der Waals surface area contributed by atoms with E-state index < -0.39 is 0 Å². The SMILES string of the molecule is Cc1cc(C)cc(COc2ccc(O)cc2)c1. The predicted molar refractivity (Wildman–Crippen MR) is 68.4 cm³/mol. The first kappa shape index (κ1) is 11.5. The van der Waals surface area contributed by atoms with E-state index in [1.54, 1.807) is 24.3 Å². The summed E-state index contributed by atoms with van der Waals surface area (Å²) in [7, 11) is 0. The molecule has 2 aromatic carbocycles. The Labute approximate surface area is 101 Å². The first-order valence-corrected chi connectivity index (χ1v) is 5.62. The van der Waals surface area contributed by atoms with E-state index in [0.717, 1.165) is 11.3 Å². The molecule has 0 aliphatic carbocycles. The van der Waals surface area contributed by atoms with Gasteiger partial charge in [-0.25, -0.2) is 0 Å². The Hall–Kier alpha value is -1.96. The number of rotatable bonds is 3. The summed E-state index contributed by atoms with van der Waals surface area (Å²) in [5.41, 5.74) is 3.65. The van der Waals surface area contributed by atoms with Crippen molar-refractivity contribution >= 4 is 0 Å². The van der Waals surface area contributed by atoms with Crippen LogP contribution >= 0.6 is 0 Å². The van der Waals surface area contributed by atoms with Crippen LogP contribution in [0.1, 0.15) is 16.7 Å². The Morgan fingerprint density at radius 1 is 0.941 bits per heavy atom. The summed E-state index contributed by atoms with van der Waals surface area (Å²) in [5.74, 6) is 1.02.